The van der Waals surface area contributed by atoms with E-state index in [1.807, 2.05) is 32.9 Å². The number of carbonyl (C=O) groups is 2. The van der Waals surface area contributed by atoms with E-state index in [1.54, 1.807) is 6.07 Å². The number of carbonyl (C=O) groups excluding carboxylic acids is 1. The summed E-state index contributed by atoms with van der Waals surface area (Å²) in [6.45, 7) is 5.71. The molecule has 0 aromatic heterocycles. The van der Waals surface area contributed by atoms with Crippen LogP contribution in [0.15, 0.2) is 18.2 Å². The molecule has 0 aliphatic carbocycles. The van der Waals surface area contributed by atoms with Gasteiger partial charge < -0.3 is 10.4 Å². The summed E-state index contributed by atoms with van der Waals surface area (Å²) in [5.41, 5.74) is 0.633. The fraction of sp³-hybridized carbons (Fsp3) is 0.467. The number of aliphatic carboxylic acids is 1. The quantitative estimate of drug-likeness (QED) is 0.735. The first-order chi connectivity index (χ1) is 9.38. The van der Waals surface area contributed by atoms with Gasteiger partial charge in [0.25, 0.3) is 5.91 Å². The summed E-state index contributed by atoms with van der Waals surface area (Å²) in [4.78, 5) is 23.6. The minimum absolute atomic E-state index is 0.152. The molecule has 0 radical (unpaired) electrons. The van der Waals surface area contributed by atoms with Gasteiger partial charge in [-0.25, -0.2) is 0 Å². The average molecular weight is 389 g/mol. The highest BCUT2D eigenvalue weighted by molar-refractivity contribution is 14.1. The molecule has 0 heterocycles. The van der Waals surface area contributed by atoms with Gasteiger partial charge in [0.05, 0.1) is 5.41 Å². The molecule has 1 rings (SSSR count). The number of hydrogen-bond acceptors (Lipinski definition) is 2. The average Bonchev–Trinajstić information content (AvgIpc) is 2.43. The van der Waals surface area contributed by atoms with E-state index in [2.05, 4.69) is 27.9 Å². The Morgan fingerprint density at radius 1 is 1.30 bits per heavy atom. The number of hydrogen-bond donors (Lipinski definition) is 2. The number of halogens is 1. The van der Waals surface area contributed by atoms with E-state index in [0.29, 0.717) is 18.4 Å². The third kappa shape index (κ3) is 3.50. The second-order valence-corrected chi connectivity index (χ2v) is 6.05. The van der Waals surface area contributed by atoms with Gasteiger partial charge in [0, 0.05) is 15.7 Å². The Bertz CT molecular complexity index is 510. The SMILES string of the molecule is CCC(CC)(CNC(=O)c1cccc(I)c1C)C(=O)O. The van der Waals surface area contributed by atoms with Crippen LogP contribution in [0, 0.1) is 15.9 Å². The summed E-state index contributed by atoms with van der Waals surface area (Å²) in [5, 5.41) is 12.1. The van der Waals surface area contributed by atoms with Crippen LogP contribution in [0.1, 0.15) is 42.6 Å². The third-order valence-corrected chi connectivity index (χ3v) is 5.08. The van der Waals surface area contributed by atoms with Crippen molar-refractivity contribution in [2.45, 2.75) is 33.6 Å². The predicted molar refractivity (Wildman–Crippen MR) is 86.9 cm³/mol. The van der Waals surface area contributed by atoms with Crippen LogP contribution in [0.5, 0.6) is 0 Å². The van der Waals surface area contributed by atoms with Crippen molar-refractivity contribution >= 4 is 34.5 Å². The molecule has 1 aromatic rings. The van der Waals surface area contributed by atoms with Crippen LogP contribution in [0.3, 0.4) is 0 Å². The lowest BCUT2D eigenvalue weighted by atomic mass is 9.82. The summed E-state index contributed by atoms with van der Waals surface area (Å²) in [7, 11) is 0. The molecule has 0 aliphatic rings. The zero-order valence-electron chi connectivity index (χ0n) is 12.0. The van der Waals surface area contributed by atoms with Gasteiger partial charge in [0.1, 0.15) is 0 Å². The van der Waals surface area contributed by atoms with E-state index >= 15 is 0 Å². The molecule has 0 unspecified atom stereocenters. The number of rotatable bonds is 6. The highest BCUT2D eigenvalue weighted by Crippen LogP contribution is 2.26. The molecule has 110 valence electrons. The molecule has 1 amide bonds. The zero-order valence-corrected chi connectivity index (χ0v) is 14.2. The van der Waals surface area contributed by atoms with E-state index in [1.165, 1.54) is 0 Å². The Morgan fingerprint density at radius 3 is 2.40 bits per heavy atom. The van der Waals surface area contributed by atoms with Crippen molar-refractivity contribution in [3.63, 3.8) is 0 Å². The lowest BCUT2D eigenvalue weighted by Gasteiger charge is -2.27. The molecule has 0 saturated carbocycles. The van der Waals surface area contributed by atoms with E-state index in [9.17, 15) is 14.7 Å². The Hall–Kier alpha value is -1.11. The minimum atomic E-state index is -0.883. The molecular formula is C15H20INO3. The summed E-state index contributed by atoms with van der Waals surface area (Å²) < 4.78 is 1.02. The van der Waals surface area contributed by atoms with Crippen molar-refractivity contribution in [2.75, 3.05) is 6.54 Å². The van der Waals surface area contributed by atoms with Crippen molar-refractivity contribution in [3.05, 3.63) is 32.9 Å². The maximum atomic E-state index is 12.2. The largest absolute Gasteiger partial charge is 0.481 e. The van der Waals surface area contributed by atoms with Gasteiger partial charge >= 0.3 is 5.97 Å². The Kier molecular flexibility index (Phi) is 5.98. The fourth-order valence-electron chi connectivity index (χ4n) is 2.08. The molecular weight excluding hydrogens is 369 g/mol. The van der Waals surface area contributed by atoms with Gasteiger partial charge in [0.15, 0.2) is 0 Å². The van der Waals surface area contributed by atoms with Crippen molar-refractivity contribution in [1.82, 2.24) is 5.32 Å². The second-order valence-electron chi connectivity index (χ2n) is 4.89. The third-order valence-electron chi connectivity index (χ3n) is 3.91. The first kappa shape index (κ1) is 16.9. The maximum absolute atomic E-state index is 12.2. The zero-order chi connectivity index (χ0) is 15.3. The number of benzene rings is 1. The lowest BCUT2D eigenvalue weighted by Crippen LogP contribution is -2.42. The molecule has 0 saturated heterocycles. The van der Waals surface area contributed by atoms with Gasteiger partial charge in [-0.05, 0) is 60.1 Å². The van der Waals surface area contributed by atoms with Crippen molar-refractivity contribution in [1.29, 1.82) is 0 Å². The van der Waals surface area contributed by atoms with Gasteiger partial charge in [-0.1, -0.05) is 19.9 Å². The van der Waals surface area contributed by atoms with E-state index in [4.69, 9.17) is 0 Å². The van der Waals surface area contributed by atoms with Crippen molar-refractivity contribution in [3.8, 4) is 0 Å². The van der Waals surface area contributed by atoms with Crippen molar-refractivity contribution < 1.29 is 14.7 Å². The van der Waals surface area contributed by atoms with Gasteiger partial charge in [-0.15, -0.1) is 0 Å². The number of amides is 1. The highest BCUT2D eigenvalue weighted by Gasteiger charge is 2.35. The summed E-state index contributed by atoms with van der Waals surface area (Å²) >= 11 is 2.18. The van der Waals surface area contributed by atoms with Crippen LogP contribution in [-0.4, -0.2) is 23.5 Å². The minimum Gasteiger partial charge on any atom is -0.481 e. The molecule has 0 aliphatic heterocycles. The smallest absolute Gasteiger partial charge is 0.311 e. The number of nitrogens with one attached hydrogen (secondary N) is 1. The van der Waals surface area contributed by atoms with Crippen molar-refractivity contribution in [2.24, 2.45) is 5.41 Å². The number of carboxylic acid groups (broad SMARTS) is 1. The predicted octanol–water partition coefficient (Wildman–Crippen LogP) is 3.22. The summed E-state index contributed by atoms with van der Waals surface area (Å²) in [6.07, 6.45) is 0.981. The van der Waals surface area contributed by atoms with Crippen LogP contribution in [-0.2, 0) is 4.79 Å². The molecule has 0 bridgehead atoms. The Morgan fingerprint density at radius 2 is 1.90 bits per heavy atom. The monoisotopic (exact) mass is 389 g/mol. The van der Waals surface area contributed by atoms with Gasteiger partial charge in [-0.2, -0.15) is 0 Å². The molecule has 2 N–H and O–H groups in total. The van der Waals surface area contributed by atoms with Crippen LogP contribution in [0.4, 0.5) is 0 Å². The van der Waals surface area contributed by atoms with Crippen LogP contribution >= 0.6 is 22.6 Å². The van der Waals surface area contributed by atoms with Gasteiger partial charge in [-0.3, -0.25) is 9.59 Å². The summed E-state index contributed by atoms with van der Waals surface area (Å²) in [6, 6.07) is 5.52. The van der Waals surface area contributed by atoms with Crippen LogP contribution in [0.2, 0.25) is 0 Å². The summed E-state index contributed by atoms with van der Waals surface area (Å²) in [5.74, 6) is -1.07. The molecule has 0 atom stereocenters. The fourth-order valence-corrected chi connectivity index (χ4v) is 2.57. The van der Waals surface area contributed by atoms with E-state index in [-0.39, 0.29) is 12.5 Å². The van der Waals surface area contributed by atoms with Crippen LogP contribution < -0.4 is 5.32 Å². The normalized spacial score (nSPS) is 11.2. The van der Waals surface area contributed by atoms with Gasteiger partial charge in [0.2, 0.25) is 0 Å². The number of carboxylic acids is 1. The topological polar surface area (TPSA) is 66.4 Å². The molecule has 20 heavy (non-hydrogen) atoms. The Balaban J connectivity index is 2.86. The first-order valence-corrected chi connectivity index (χ1v) is 7.72. The standard InChI is InChI=1S/C15H20INO3/c1-4-15(5-2,14(19)20)9-17-13(18)11-7-6-8-12(16)10(11)3/h6-8H,4-5,9H2,1-3H3,(H,17,18)(H,19,20). The van der Waals surface area contributed by atoms with E-state index < -0.39 is 11.4 Å². The highest BCUT2D eigenvalue weighted by atomic mass is 127. The lowest BCUT2D eigenvalue weighted by molar-refractivity contribution is -0.149. The second kappa shape index (κ2) is 7.06. The Labute approximate surface area is 133 Å². The first-order valence-electron chi connectivity index (χ1n) is 6.64. The molecule has 0 fully saturated rings. The van der Waals surface area contributed by atoms with E-state index in [0.717, 1.165) is 9.13 Å². The van der Waals surface area contributed by atoms with Crippen LogP contribution in [0.25, 0.3) is 0 Å². The molecule has 4 nitrogen and oxygen atoms in total. The molecule has 1 aromatic carbocycles. The molecule has 0 spiro atoms. The maximum Gasteiger partial charge on any atom is 0.311 e. The molecule has 5 heteroatoms.